The van der Waals surface area contributed by atoms with E-state index in [9.17, 15) is 4.79 Å². The van der Waals surface area contributed by atoms with Gasteiger partial charge in [-0.3, -0.25) is 9.69 Å². The molecule has 0 aromatic rings. The maximum atomic E-state index is 12.3. The van der Waals surface area contributed by atoms with Crippen molar-refractivity contribution in [2.45, 2.75) is 69.7 Å². The second kappa shape index (κ2) is 7.78. The molecule has 1 N–H and O–H groups in total. The zero-order chi connectivity index (χ0) is 15.3. The molecule has 22 heavy (non-hydrogen) atoms. The lowest BCUT2D eigenvalue weighted by Crippen LogP contribution is -2.58. The highest BCUT2D eigenvalue weighted by molar-refractivity contribution is 5.76. The summed E-state index contributed by atoms with van der Waals surface area (Å²) in [4.78, 5) is 15.0. The summed E-state index contributed by atoms with van der Waals surface area (Å²) in [6.07, 6.45) is 12.3. The second-order valence-electron chi connectivity index (χ2n) is 7.54. The van der Waals surface area contributed by atoms with Gasteiger partial charge < -0.3 is 10.1 Å². The number of piperidine rings is 1. The maximum absolute atomic E-state index is 12.3. The molecule has 126 valence electrons. The van der Waals surface area contributed by atoms with Gasteiger partial charge in [0.2, 0.25) is 5.91 Å². The average Bonchev–Trinajstić information content (AvgIpc) is 3.08. The van der Waals surface area contributed by atoms with E-state index in [1.54, 1.807) is 0 Å². The summed E-state index contributed by atoms with van der Waals surface area (Å²) in [5, 5.41) is 3.28. The Hall–Kier alpha value is -0.610. The van der Waals surface area contributed by atoms with Crippen molar-refractivity contribution in [3.05, 3.63) is 0 Å². The number of hydrogen-bond donors (Lipinski definition) is 1. The van der Waals surface area contributed by atoms with Gasteiger partial charge in [0.05, 0.1) is 0 Å². The Balaban J connectivity index is 1.53. The predicted molar refractivity (Wildman–Crippen MR) is 87.8 cm³/mol. The summed E-state index contributed by atoms with van der Waals surface area (Å²) < 4.78 is 5.38. The van der Waals surface area contributed by atoms with Crippen molar-refractivity contribution in [3.8, 4) is 0 Å². The molecule has 1 amide bonds. The third kappa shape index (κ3) is 4.02. The molecule has 1 saturated carbocycles. The van der Waals surface area contributed by atoms with Crippen LogP contribution in [0.25, 0.3) is 0 Å². The van der Waals surface area contributed by atoms with E-state index in [0.29, 0.717) is 12.3 Å². The van der Waals surface area contributed by atoms with Crippen molar-refractivity contribution < 1.29 is 9.53 Å². The molecule has 2 aliphatic heterocycles. The van der Waals surface area contributed by atoms with E-state index in [0.717, 1.165) is 26.2 Å². The number of nitrogens with zero attached hydrogens (tertiary/aromatic N) is 1. The van der Waals surface area contributed by atoms with E-state index >= 15 is 0 Å². The number of ether oxygens (including phenoxy) is 1. The van der Waals surface area contributed by atoms with E-state index in [2.05, 4.69) is 10.2 Å². The molecule has 4 heteroatoms. The van der Waals surface area contributed by atoms with Gasteiger partial charge in [-0.15, -0.1) is 0 Å². The minimum atomic E-state index is 0.234. The molecule has 3 rings (SSSR count). The Morgan fingerprint density at radius 2 is 1.82 bits per heavy atom. The Bertz CT molecular complexity index is 354. The highest BCUT2D eigenvalue weighted by Crippen LogP contribution is 2.35. The van der Waals surface area contributed by atoms with Gasteiger partial charge in [0.1, 0.15) is 0 Å². The number of likely N-dealkylation sites (tertiary alicyclic amines) is 1. The fourth-order valence-corrected chi connectivity index (χ4v) is 4.52. The lowest BCUT2D eigenvalue weighted by molar-refractivity contribution is -0.123. The molecule has 0 spiro atoms. The topological polar surface area (TPSA) is 41.6 Å². The molecule has 0 aromatic carbocycles. The minimum absolute atomic E-state index is 0.234. The average molecular weight is 308 g/mol. The monoisotopic (exact) mass is 308 g/mol. The summed E-state index contributed by atoms with van der Waals surface area (Å²) in [7, 11) is 0. The predicted octanol–water partition coefficient (Wildman–Crippen LogP) is 2.72. The largest absolute Gasteiger partial charge is 0.381 e. The molecular formula is C18H32N2O2. The zero-order valence-corrected chi connectivity index (χ0v) is 13.9. The number of nitrogens with one attached hydrogen (secondary N) is 1. The molecule has 1 unspecified atom stereocenters. The minimum Gasteiger partial charge on any atom is -0.381 e. The van der Waals surface area contributed by atoms with Crippen LogP contribution >= 0.6 is 0 Å². The molecule has 0 aromatic heterocycles. The van der Waals surface area contributed by atoms with Gasteiger partial charge >= 0.3 is 0 Å². The van der Waals surface area contributed by atoms with E-state index in [4.69, 9.17) is 4.74 Å². The summed E-state index contributed by atoms with van der Waals surface area (Å²) >= 11 is 0. The van der Waals surface area contributed by atoms with Crippen molar-refractivity contribution >= 4 is 5.91 Å². The van der Waals surface area contributed by atoms with Crippen LogP contribution in [0.15, 0.2) is 0 Å². The lowest BCUT2D eigenvalue weighted by atomic mass is 9.79. The number of hydrogen-bond acceptors (Lipinski definition) is 3. The number of carbonyl (C=O) groups is 1. The Morgan fingerprint density at radius 1 is 1.09 bits per heavy atom. The first-order valence-electron chi connectivity index (χ1n) is 9.38. The van der Waals surface area contributed by atoms with Crippen molar-refractivity contribution in [1.29, 1.82) is 0 Å². The molecule has 0 bridgehead atoms. The number of rotatable bonds is 5. The van der Waals surface area contributed by atoms with Crippen LogP contribution < -0.4 is 5.32 Å². The van der Waals surface area contributed by atoms with Gasteiger partial charge in [0, 0.05) is 31.7 Å². The van der Waals surface area contributed by atoms with Crippen LogP contribution in [-0.4, -0.2) is 49.2 Å². The van der Waals surface area contributed by atoms with Crippen molar-refractivity contribution in [2.75, 3.05) is 32.8 Å². The molecule has 2 saturated heterocycles. The Labute approximate surface area is 135 Å². The van der Waals surface area contributed by atoms with E-state index in [1.165, 1.54) is 64.5 Å². The highest BCUT2D eigenvalue weighted by atomic mass is 16.5. The molecule has 3 fully saturated rings. The van der Waals surface area contributed by atoms with Gasteiger partial charge in [-0.1, -0.05) is 25.7 Å². The van der Waals surface area contributed by atoms with E-state index in [1.807, 2.05) is 0 Å². The smallest absolute Gasteiger partial charge is 0.220 e. The molecule has 3 aliphatic rings. The third-order valence-corrected chi connectivity index (χ3v) is 5.92. The quantitative estimate of drug-likeness (QED) is 0.849. The van der Waals surface area contributed by atoms with Crippen molar-refractivity contribution in [3.63, 3.8) is 0 Å². The van der Waals surface area contributed by atoms with Crippen molar-refractivity contribution in [1.82, 2.24) is 10.2 Å². The van der Waals surface area contributed by atoms with Crippen LogP contribution in [-0.2, 0) is 9.53 Å². The molecule has 2 heterocycles. The first-order valence-corrected chi connectivity index (χ1v) is 9.38. The van der Waals surface area contributed by atoms with Crippen molar-refractivity contribution in [2.24, 2.45) is 5.92 Å². The van der Waals surface area contributed by atoms with Gasteiger partial charge in [-0.05, 0) is 51.1 Å². The van der Waals surface area contributed by atoms with Crippen LogP contribution in [0, 0.1) is 5.92 Å². The fraction of sp³-hybridized carbons (Fsp3) is 0.944. The Kier molecular flexibility index (Phi) is 5.75. The highest BCUT2D eigenvalue weighted by Gasteiger charge is 2.38. The SMILES string of the molecule is O=C(CC1CCOC1)NCC1(N2CCCCC2)CCCCC1. The summed E-state index contributed by atoms with van der Waals surface area (Å²) in [5.41, 5.74) is 0.251. The summed E-state index contributed by atoms with van der Waals surface area (Å²) in [6, 6.07) is 0. The first-order chi connectivity index (χ1) is 10.8. The van der Waals surface area contributed by atoms with Crippen LogP contribution in [0.1, 0.15) is 64.2 Å². The first kappa shape index (κ1) is 16.3. The van der Waals surface area contributed by atoms with Crippen LogP contribution in [0.5, 0.6) is 0 Å². The van der Waals surface area contributed by atoms with Gasteiger partial charge in [0.25, 0.3) is 0 Å². The Morgan fingerprint density at radius 3 is 2.50 bits per heavy atom. The lowest BCUT2D eigenvalue weighted by Gasteiger charge is -2.48. The summed E-state index contributed by atoms with van der Waals surface area (Å²) in [5.74, 6) is 0.676. The zero-order valence-electron chi connectivity index (χ0n) is 13.9. The standard InChI is InChI=1S/C18H32N2O2/c21-17(13-16-7-12-22-14-16)19-15-18(8-3-1-4-9-18)20-10-5-2-6-11-20/h16H,1-15H2,(H,19,21). The second-order valence-corrected chi connectivity index (χ2v) is 7.54. The van der Waals surface area contributed by atoms with Crippen LogP contribution in [0.4, 0.5) is 0 Å². The van der Waals surface area contributed by atoms with E-state index in [-0.39, 0.29) is 11.4 Å². The molecule has 0 radical (unpaired) electrons. The third-order valence-electron chi connectivity index (χ3n) is 5.92. The summed E-state index contributed by atoms with van der Waals surface area (Å²) in [6.45, 7) is 4.92. The van der Waals surface area contributed by atoms with Gasteiger partial charge in [-0.2, -0.15) is 0 Å². The molecular weight excluding hydrogens is 276 g/mol. The molecule has 1 aliphatic carbocycles. The molecule has 1 atom stereocenters. The van der Waals surface area contributed by atoms with Crippen LogP contribution in [0.3, 0.4) is 0 Å². The fourth-order valence-electron chi connectivity index (χ4n) is 4.52. The van der Waals surface area contributed by atoms with E-state index < -0.39 is 0 Å². The molecule has 4 nitrogen and oxygen atoms in total. The van der Waals surface area contributed by atoms with Gasteiger partial charge in [0.15, 0.2) is 0 Å². The maximum Gasteiger partial charge on any atom is 0.220 e. The van der Waals surface area contributed by atoms with Crippen LogP contribution in [0.2, 0.25) is 0 Å². The van der Waals surface area contributed by atoms with Gasteiger partial charge in [-0.25, -0.2) is 0 Å². The normalized spacial score (nSPS) is 29.4. The number of amides is 1. The number of carbonyl (C=O) groups excluding carboxylic acids is 1.